The quantitative estimate of drug-likeness (QED) is 0.731. The van der Waals surface area contributed by atoms with Crippen molar-refractivity contribution in [3.8, 4) is 11.5 Å². The van der Waals surface area contributed by atoms with Crippen LogP contribution in [0.5, 0.6) is 11.5 Å². The molecule has 28 heavy (non-hydrogen) atoms. The Morgan fingerprint density at radius 1 is 1.14 bits per heavy atom. The second-order valence-electron chi connectivity index (χ2n) is 6.69. The van der Waals surface area contributed by atoms with Crippen molar-refractivity contribution >= 4 is 21.6 Å². The van der Waals surface area contributed by atoms with Crippen LogP contribution in [0.3, 0.4) is 0 Å². The minimum atomic E-state index is -3.42. The molecule has 0 fully saturated rings. The summed E-state index contributed by atoms with van der Waals surface area (Å²) in [5, 5.41) is 2.85. The number of nitrogens with one attached hydrogen (secondary N) is 1. The van der Waals surface area contributed by atoms with Crippen molar-refractivity contribution < 1.29 is 22.7 Å². The number of para-hydroxylation sites is 1. The molecule has 1 aliphatic heterocycles. The summed E-state index contributed by atoms with van der Waals surface area (Å²) < 4.78 is 36.3. The molecule has 1 heterocycles. The van der Waals surface area contributed by atoms with E-state index in [-0.39, 0.29) is 25.7 Å². The van der Waals surface area contributed by atoms with Crippen molar-refractivity contribution in [2.75, 3.05) is 23.9 Å². The van der Waals surface area contributed by atoms with Crippen LogP contribution in [0.4, 0.5) is 5.69 Å². The van der Waals surface area contributed by atoms with Gasteiger partial charge in [-0.05, 0) is 42.7 Å². The average molecular weight is 404 g/mol. The highest BCUT2D eigenvalue weighted by Gasteiger charge is 2.19. The fraction of sp³-hybridized carbons (Fsp3) is 0.350. The second kappa shape index (κ2) is 8.52. The first kappa shape index (κ1) is 20.0. The molecule has 7 nitrogen and oxygen atoms in total. The predicted molar refractivity (Wildman–Crippen MR) is 107 cm³/mol. The summed E-state index contributed by atoms with van der Waals surface area (Å²) in [5.74, 6) is 1.25. The van der Waals surface area contributed by atoms with E-state index >= 15 is 0 Å². The van der Waals surface area contributed by atoms with Gasteiger partial charge in [-0.15, -0.1) is 0 Å². The molecular formula is C20H24N2O5S. The Morgan fingerprint density at radius 2 is 1.89 bits per heavy atom. The molecule has 0 radical (unpaired) electrons. The van der Waals surface area contributed by atoms with Crippen LogP contribution < -0.4 is 19.1 Å². The first-order valence-electron chi connectivity index (χ1n) is 9.03. The third-order valence-corrected chi connectivity index (χ3v) is 5.66. The topological polar surface area (TPSA) is 84.9 Å². The summed E-state index contributed by atoms with van der Waals surface area (Å²) in [6, 6.07) is 12.8. The molecule has 0 aromatic heterocycles. The van der Waals surface area contributed by atoms with E-state index in [1.54, 1.807) is 12.1 Å². The van der Waals surface area contributed by atoms with Gasteiger partial charge in [0.2, 0.25) is 22.7 Å². The summed E-state index contributed by atoms with van der Waals surface area (Å²) in [6.07, 6.45) is 1.84. The monoisotopic (exact) mass is 404 g/mol. The van der Waals surface area contributed by atoms with Crippen LogP contribution in [0, 0.1) is 6.92 Å². The number of nitrogens with zero attached hydrogens (tertiary/aromatic N) is 1. The minimum Gasteiger partial charge on any atom is -0.454 e. The van der Waals surface area contributed by atoms with Crippen molar-refractivity contribution in [2.45, 2.75) is 26.3 Å². The van der Waals surface area contributed by atoms with Gasteiger partial charge in [0.05, 0.1) is 11.9 Å². The van der Waals surface area contributed by atoms with E-state index in [0.717, 1.165) is 11.1 Å². The molecule has 3 rings (SSSR count). The maximum atomic E-state index is 12.2. The van der Waals surface area contributed by atoms with Crippen LogP contribution in [0.25, 0.3) is 0 Å². The average Bonchev–Trinajstić information content (AvgIpc) is 3.11. The number of hydrogen-bond donors (Lipinski definition) is 1. The zero-order chi connectivity index (χ0) is 20.1. The summed E-state index contributed by atoms with van der Waals surface area (Å²) >= 11 is 0. The molecular weight excluding hydrogens is 380 g/mol. The molecule has 0 saturated heterocycles. The molecule has 0 saturated carbocycles. The molecule has 0 aliphatic carbocycles. The zero-order valence-corrected chi connectivity index (χ0v) is 16.8. The molecule has 2 aromatic carbocycles. The van der Waals surface area contributed by atoms with Gasteiger partial charge in [0, 0.05) is 19.5 Å². The van der Waals surface area contributed by atoms with Gasteiger partial charge in [-0.3, -0.25) is 9.10 Å². The van der Waals surface area contributed by atoms with Gasteiger partial charge >= 0.3 is 0 Å². The zero-order valence-electron chi connectivity index (χ0n) is 16.0. The van der Waals surface area contributed by atoms with Crippen LogP contribution in [0.1, 0.15) is 24.0 Å². The number of carbonyl (C=O) groups is 1. The molecule has 0 spiro atoms. The largest absolute Gasteiger partial charge is 0.454 e. The van der Waals surface area contributed by atoms with E-state index in [4.69, 9.17) is 9.47 Å². The third kappa shape index (κ3) is 4.95. The van der Waals surface area contributed by atoms with E-state index in [1.807, 2.05) is 37.3 Å². The van der Waals surface area contributed by atoms with Crippen LogP contribution in [-0.2, 0) is 21.4 Å². The lowest BCUT2D eigenvalue weighted by atomic mass is 10.2. The molecule has 1 N–H and O–H groups in total. The fourth-order valence-corrected chi connectivity index (χ4v) is 4.05. The smallest absolute Gasteiger partial charge is 0.232 e. The van der Waals surface area contributed by atoms with Gasteiger partial charge in [-0.1, -0.05) is 24.3 Å². The number of amides is 1. The molecule has 1 amide bonds. The van der Waals surface area contributed by atoms with Crippen LogP contribution in [-0.4, -0.2) is 33.9 Å². The van der Waals surface area contributed by atoms with Gasteiger partial charge in [0.15, 0.2) is 11.5 Å². The normalized spacial score (nSPS) is 12.6. The molecule has 8 heteroatoms. The number of fused-ring (bicyclic) bond motifs is 1. The van der Waals surface area contributed by atoms with E-state index in [0.29, 0.717) is 30.2 Å². The lowest BCUT2D eigenvalue weighted by molar-refractivity contribution is -0.121. The van der Waals surface area contributed by atoms with Crippen LogP contribution in [0.2, 0.25) is 0 Å². The summed E-state index contributed by atoms with van der Waals surface area (Å²) in [5.41, 5.74) is 2.43. The van der Waals surface area contributed by atoms with Crippen molar-refractivity contribution in [3.63, 3.8) is 0 Å². The Labute approximate surface area is 165 Å². The molecule has 2 aromatic rings. The van der Waals surface area contributed by atoms with Crippen molar-refractivity contribution in [1.29, 1.82) is 0 Å². The summed E-state index contributed by atoms with van der Waals surface area (Å²) in [7, 11) is -3.42. The first-order chi connectivity index (χ1) is 13.3. The van der Waals surface area contributed by atoms with E-state index in [9.17, 15) is 13.2 Å². The SMILES string of the molecule is Cc1ccccc1N(CCCC(=O)NCc1ccc2c(c1)OCO2)S(C)(=O)=O. The molecule has 0 atom stereocenters. The maximum absolute atomic E-state index is 12.2. The highest BCUT2D eigenvalue weighted by atomic mass is 32.2. The molecule has 0 bridgehead atoms. The Hall–Kier alpha value is -2.74. The fourth-order valence-electron chi connectivity index (χ4n) is 3.03. The number of hydrogen-bond acceptors (Lipinski definition) is 5. The summed E-state index contributed by atoms with van der Waals surface area (Å²) in [4.78, 5) is 12.1. The summed E-state index contributed by atoms with van der Waals surface area (Å²) in [6.45, 7) is 2.71. The van der Waals surface area contributed by atoms with Crippen LogP contribution >= 0.6 is 0 Å². The molecule has 0 unspecified atom stereocenters. The van der Waals surface area contributed by atoms with Gasteiger partial charge in [0.25, 0.3) is 0 Å². The van der Waals surface area contributed by atoms with Crippen molar-refractivity contribution in [3.05, 3.63) is 53.6 Å². The van der Waals surface area contributed by atoms with Crippen molar-refractivity contribution in [1.82, 2.24) is 5.32 Å². The second-order valence-corrected chi connectivity index (χ2v) is 8.60. The molecule has 150 valence electrons. The Kier molecular flexibility index (Phi) is 6.08. The number of anilines is 1. The minimum absolute atomic E-state index is 0.129. The number of ether oxygens (including phenoxy) is 2. The Morgan fingerprint density at radius 3 is 2.64 bits per heavy atom. The van der Waals surface area contributed by atoms with Crippen molar-refractivity contribution in [2.24, 2.45) is 0 Å². The Balaban J connectivity index is 1.51. The van der Waals surface area contributed by atoms with Gasteiger partial charge in [0.1, 0.15) is 0 Å². The maximum Gasteiger partial charge on any atom is 0.232 e. The van der Waals surface area contributed by atoms with Gasteiger partial charge < -0.3 is 14.8 Å². The number of aryl methyl sites for hydroxylation is 1. The number of benzene rings is 2. The predicted octanol–water partition coefficient (Wildman–Crippen LogP) is 2.59. The standard InChI is InChI=1S/C20H24N2O5S/c1-15-6-3-4-7-17(15)22(28(2,24)25)11-5-8-20(23)21-13-16-9-10-18-19(12-16)27-14-26-18/h3-4,6-7,9-10,12H,5,8,11,13-14H2,1-2H3,(H,21,23). The van der Waals surface area contributed by atoms with E-state index < -0.39 is 10.0 Å². The van der Waals surface area contributed by atoms with Gasteiger partial charge in [-0.25, -0.2) is 8.42 Å². The number of sulfonamides is 1. The van der Waals surface area contributed by atoms with Gasteiger partial charge in [-0.2, -0.15) is 0 Å². The number of carbonyl (C=O) groups excluding carboxylic acids is 1. The lowest BCUT2D eigenvalue weighted by Gasteiger charge is -2.24. The van der Waals surface area contributed by atoms with E-state index in [1.165, 1.54) is 10.6 Å². The Bertz CT molecular complexity index is 959. The lowest BCUT2D eigenvalue weighted by Crippen LogP contribution is -2.32. The highest BCUT2D eigenvalue weighted by Crippen LogP contribution is 2.32. The molecule has 1 aliphatic rings. The van der Waals surface area contributed by atoms with E-state index in [2.05, 4.69) is 5.32 Å². The first-order valence-corrected chi connectivity index (χ1v) is 10.9. The highest BCUT2D eigenvalue weighted by molar-refractivity contribution is 7.92. The van der Waals surface area contributed by atoms with Crippen LogP contribution in [0.15, 0.2) is 42.5 Å². The third-order valence-electron chi connectivity index (χ3n) is 4.48. The number of rotatable bonds is 8.